The van der Waals surface area contributed by atoms with E-state index in [4.69, 9.17) is 20.8 Å². The van der Waals surface area contributed by atoms with Crippen molar-refractivity contribution in [2.24, 2.45) is 0 Å². The zero-order chi connectivity index (χ0) is 29.8. The van der Waals surface area contributed by atoms with Crippen molar-refractivity contribution < 1.29 is 14.7 Å². The molecule has 2 aromatic carbocycles. The van der Waals surface area contributed by atoms with Crippen molar-refractivity contribution in [3.63, 3.8) is 0 Å². The molecule has 0 saturated carbocycles. The lowest BCUT2D eigenvalue weighted by Crippen LogP contribution is -2.22. The number of carboxylic acids is 1. The number of aromatic nitrogens is 5. The summed E-state index contributed by atoms with van der Waals surface area (Å²) in [4.78, 5) is 41.9. The Kier molecular flexibility index (Phi) is 7.56. The molecule has 10 nitrogen and oxygen atoms in total. The summed E-state index contributed by atoms with van der Waals surface area (Å²) in [7, 11) is 0. The highest BCUT2D eigenvalue weighted by molar-refractivity contribution is 5.94. The van der Waals surface area contributed by atoms with Gasteiger partial charge in [0.05, 0.1) is 5.56 Å². The quantitative estimate of drug-likeness (QED) is 0.218. The number of carbonyl (C=O) groups excluding carboxylic acids is 1. The SMILES string of the molecule is Nc1ncccc1-c1nc2cc(-c3cccnc3)cnc2n1-c1ccc(CNC(=O)c2cccc(CCC(=O)O)c2)cc1. The van der Waals surface area contributed by atoms with Crippen molar-refractivity contribution in [3.8, 4) is 28.2 Å². The normalized spacial score (nSPS) is 11.0. The fourth-order valence-corrected chi connectivity index (χ4v) is 4.85. The number of imidazole rings is 1. The lowest BCUT2D eigenvalue weighted by Gasteiger charge is -2.12. The van der Waals surface area contributed by atoms with E-state index in [0.29, 0.717) is 46.9 Å². The average Bonchev–Trinajstić information content (AvgIpc) is 3.42. The topological polar surface area (TPSA) is 149 Å². The summed E-state index contributed by atoms with van der Waals surface area (Å²) in [5.74, 6) is -0.133. The van der Waals surface area contributed by atoms with Gasteiger partial charge in [-0.15, -0.1) is 0 Å². The number of carbonyl (C=O) groups is 2. The molecule has 0 aliphatic rings. The average molecular weight is 570 g/mol. The molecule has 0 saturated heterocycles. The van der Waals surface area contributed by atoms with Crippen molar-refractivity contribution in [2.45, 2.75) is 19.4 Å². The zero-order valence-electron chi connectivity index (χ0n) is 23.0. The Labute approximate surface area is 246 Å². The van der Waals surface area contributed by atoms with E-state index in [1.165, 1.54) is 0 Å². The van der Waals surface area contributed by atoms with Crippen molar-refractivity contribution in [1.82, 2.24) is 29.8 Å². The molecule has 4 N–H and O–H groups in total. The van der Waals surface area contributed by atoms with Crippen LogP contribution in [0.25, 0.3) is 39.4 Å². The van der Waals surface area contributed by atoms with Crippen LogP contribution in [0.3, 0.4) is 0 Å². The fraction of sp³-hybridized carbons (Fsp3) is 0.0909. The highest BCUT2D eigenvalue weighted by Crippen LogP contribution is 2.32. The highest BCUT2D eigenvalue weighted by atomic mass is 16.4. The number of carboxylic acid groups (broad SMARTS) is 1. The smallest absolute Gasteiger partial charge is 0.303 e. The highest BCUT2D eigenvalue weighted by Gasteiger charge is 2.19. The number of rotatable bonds is 9. The van der Waals surface area contributed by atoms with Crippen molar-refractivity contribution in [3.05, 3.63) is 120 Å². The number of aliphatic carboxylic acids is 1. The first kappa shape index (κ1) is 27.3. The number of nitrogens with zero attached hydrogens (tertiary/aromatic N) is 5. The van der Waals surface area contributed by atoms with Crippen LogP contribution in [-0.4, -0.2) is 41.5 Å². The number of nitrogens with one attached hydrogen (secondary N) is 1. The van der Waals surface area contributed by atoms with Crippen molar-refractivity contribution in [1.29, 1.82) is 0 Å². The van der Waals surface area contributed by atoms with Gasteiger partial charge in [-0.3, -0.25) is 19.1 Å². The van der Waals surface area contributed by atoms with Crippen LogP contribution in [0, 0.1) is 0 Å². The summed E-state index contributed by atoms with van der Waals surface area (Å²) in [6.07, 6.45) is 7.33. The van der Waals surface area contributed by atoms with Gasteiger partial charge in [-0.1, -0.05) is 30.3 Å². The van der Waals surface area contributed by atoms with Gasteiger partial charge >= 0.3 is 5.97 Å². The monoisotopic (exact) mass is 569 g/mol. The van der Waals surface area contributed by atoms with E-state index in [9.17, 15) is 9.59 Å². The summed E-state index contributed by atoms with van der Waals surface area (Å²) in [5.41, 5.74) is 13.2. The molecule has 4 heterocycles. The van der Waals surface area contributed by atoms with E-state index in [-0.39, 0.29) is 12.3 Å². The van der Waals surface area contributed by atoms with Gasteiger partial charge in [-0.25, -0.2) is 15.0 Å². The molecular formula is C33H27N7O3. The molecule has 6 rings (SSSR count). The first-order chi connectivity index (χ1) is 21.0. The molecular weight excluding hydrogens is 542 g/mol. The summed E-state index contributed by atoms with van der Waals surface area (Å²) in [5, 5.41) is 11.9. The van der Waals surface area contributed by atoms with E-state index in [1.807, 2.05) is 65.2 Å². The number of nitrogens with two attached hydrogens (primary N) is 1. The van der Waals surface area contributed by atoms with Gasteiger partial charge in [-0.2, -0.15) is 0 Å². The molecule has 43 heavy (non-hydrogen) atoms. The molecule has 0 fully saturated rings. The van der Waals surface area contributed by atoms with Crippen LogP contribution in [0.2, 0.25) is 0 Å². The van der Waals surface area contributed by atoms with Crippen LogP contribution in [0.15, 0.2) is 104 Å². The Morgan fingerprint density at radius 1 is 0.860 bits per heavy atom. The predicted molar refractivity (Wildman–Crippen MR) is 163 cm³/mol. The van der Waals surface area contributed by atoms with Crippen LogP contribution >= 0.6 is 0 Å². The Hall–Kier alpha value is -5.90. The number of nitrogen functional groups attached to an aromatic ring is 1. The minimum atomic E-state index is -0.872. The minimum absolute atomic E-state index is 0.0138. The molecule has 212 valence electrons. The molecule has 0 bridgehead atoms. The van der Waals surface area contributed by atoms with E-state index >= 15 is 0 Å². The standard InChI is InChI=1S/C33H27N7O3/c34-30-27(7-3-15-36-30)31-39-28-17-25(24-6-2-14-35-19-24)20-37-32(28)40(31)26-11-8-22(9-12-26)18-38-33(43)23-5-1-4-21(16-23)10-13-29(41)42/h1-9,11-12,14-17,19-20H,10,13,18H2,(H2,34,36)(H,38,43)(H,41,42). The first-order valence-corrected chi connectivity index (χ1v) is 13.6. The summed E-state index contributed by atoms with van der Waals surface area (Å²) >= 11 is 0. The summed E-state index contributed by atoms with van der Waals surface area (Å²) in [6.45, 7) is 0.318. The van der Waals surface area contributed by atoms with Gasteiger partial charge < -0.3 is 16.2 Å². The number of pyridine rings is 3. The van der Waals surface area contributed by atoms with E-state index in [2.05, 4.69) is 15.3 Å². The third-order valence-corrected chi connectivity index (χ3v) is 7.04. The van der Waals surface area contributed by atoms with Crippen molar-refractivity contribution >= 4 is 28.9 Å². The van der Waals surface area contributed by atoms with E-state index < -0.39 is 5.97 Å². The lowest BCUT2D eigenvalue weighted by molar-refractivity contribution is -0.136. The number of fused-ring (bicyclic) bond motifs is 1. The van der Waals surface area contributed by atoms with Crippen LogP contribution in [0.1, 0.15) is 27.9 Å². The molecule has 0 aliphatic heterocycles. The Balaban J connectivity index is 1.27. The van der Waals surface area contributed by atoms with Crippen molar-refractivity contribution in [2.75, 3.05) is 5.73 Å². The van der Waals surface area contributed by atoms with E-state index in [1.54, 1.807) is 43.0 Å². The molecule has 6 aromatic rings. The third kappa shape index (κ3) is 5.94. The molecule has 0 atom stereocenters. The molecule has 1 amide bonds. The Morgan fingerprint density at radius 3 is 2.47 bits per heavy atom. The predicted octanol–water partition coefficient (Wildman–Crippen LogP) is 5.07. The molecule has 0 unspecified atom stereocenters. The molecule has 4 aromatic heterocycles. The number of aryl methyl sites for hydroxylation is 1. The minimum Gasteiger partial charge on any atom is -0.481 e. The van der Waals surface area contributed by atoms with Crippen LogP contribution in [-0.2, 0) is 17.8 Å². The van der Waals surface area contributed by atoms with Gasteiger partial charge in [0, 0.05) is 60.1 Å². The second-order valence-corrected chi connectivity index (χ2v) is 9.96. The van der Waals surface area contributed by atoms with Gasteiger partial charge in [0.15, 0.2) is 11.5 Å². The van der Waals surface area contributed by atoms with Crippen LogP contribution < -0.4 is 11.1 Å². The number of amides is 1. The van der Waals surface area contributed by atoms with Crippen LogP contribution in [0.4, 0.5) is 5.82 Å². The number of hydrogen-bond acceptors (Lipinski definition) is 7. The molecule has 0 spiro atoms. The largest absolute Gasteiger partial charge is 0.481 e. The van der Waals surface area contributed by atoms with Crippen LogP contribution in [0.5, 0.6) is 0 Å². The van der Waals surface area contributed by atoms with Gasteiger partial charge in [0.2, 0.25) is 0 Å². The second-order valence-electron chi connectivity index (χ2n) is 9.96. The maximum absolute atomic E-state index is 12.8. The Morgan fingerprint density at radius 2 is 1.70 bits per heavy atom. The zero-order valence-corrected chi connectivity index (χ0v) is 23.0. The van der Waals surface area contributed by atoms with Gasteiger partial charge in [0.25, 0.3) is 5.91 Å². The fourth-order valence-electron chi connectivity index (χ4n) is 4.85. The number of benzene rings is 2. The van der Waals surface area contributed by atoms with Gasteiger partial charge in [0.1, 0.15) is 11.3 Å². The lowest BCUT2D eigenvalue weighted by atomic mass is 10.1. The maximum Gasteiger partial charge on any atom is 0.303 e. The molecule has 0 radical (unpaired) electrons. The Bertz CT molecular complexity index is 1940. The summed E-state index contributed by atoms with van der Waals surface area (Å²) < 4.78 is 1.95. The third-order valence-electron chi connectivity index (χ3n) is 7.04. The first-order valence-electron chi connectivity index (χ1n) is 13.6. The number of hydrogen-bond donors (Lipinski definition) is 3. The molecule has 0 aliphatic carbocycles. The summed E-state index contributed by atoms with van der Waals surface area (Å²) in [6, 6.07) is 24.3. The maximum atomic E-state index is 12.8. The van der Waals surface area contributed by atoms with E-state index in [0.717, 1.165) is 27.9 Å². The van der Waals surface area contributed by atoms with Gasteiger partial charge in [-0.05, 0) is 66.1 Å². The number of anilines is 1. The second kappa shape index (κ2) is 11.9. The molecule has 10 heteroatoms.